The average Bonchev–Trinajstić information content (AvgIpc) is 2.82. The van der Waals surface area contributed by atoms with E-state index in [1.54, 1.807) is 6.21 Å². The number of hydrogen-bond donors (Lipinski definition) is 0. The van der Waals surface area contributed by atoms with Crippen LogP contribution in [0.3, 0.4) is 0 Å². The Morgan fingerprint density at radius 2 is 1.10 bits per heavy atom. The number of rotatable bonds is 9. The maximum Gasteiger partial charge on any atom is 0.182 e. The van der Waals surface area contributed by atoms with Gasteiger partial charge in [0.05, 0.1) is 19.8 Å². The van der Waals surface area contributed by atoms with Crippen molar-refractivity contribution in [1.82, 2.24) is 0 Å². The van der Waals surface area contributed by atoms with Crippen LogP contribution in [0.1, 0.15) is 16.7 Å². The molecule has 1 aliphatic heterocycles. The summed E-state index contributed by atoms with van der Waals surface area (Å²) in [4.78, 5) is 0. The second-order valence-corrected chi connectivity index (χ2v) is 7.61. The normalized spacial score (nSPS) is 20.9. The summed E-state index contributed by atoms with van der Waals surface area (Å²) in [6.45, 7) is 1.44. The van der Waals surface area contributed by atoms with Crippen molar-refractivity contribution in [3.63, 3.8) is 0 Å². The van der Waals surface area contributed by atoms with Gasteiger partial charge in [-0.05, 0) is 16.7 Å². The van der Waals surface area contributed by atoms with E-state index < -0.39 is 18.3 Å². The number of hydrogen-bond acceptors (Lipinski definition) is 4. The molecule has 0 N–H and O–H groups in total. The SMILES string of the molecule is [O-][N+]1=C[C@H](OCc2ccccc2)[C@@H](OCc2ccccc2)[C@H](OCc2ccccc2)C1. The summed E-state index contributed by atoms with van der Waals surface area (Å²) in [5, 5.41) is 12.4. The first-order valence-corrected chi connectivity index (χ1v) is 10.5. The zero-order valence-electron chi connectivity index (χ0n) is 17.4. The summed E-state index contributed by atoms with van der Waals surface area (Å²) < 4.78 is 19.4. The summed E-state index contributed by atoms with van der Waals surface area (Å²) in [6, 6.07) is 29.8. The molecule has 3 atom stereocenters. The molecule has 1 heterocycles. The molecular formula is C26H27NO4. The van der Waals surface area contributed by atoms with E-state index in [0.29, 0.717) is 19.8 Å². The van der Waals surface area contributed by atoms with Crippen molar-refractivity contribution in [2.75, 3.05) is 6.54 Å². The van der Waals surface area contributed by atoms with Crippen LogP contribution in [-0.4, -0.2) is 35.8 Å². The van der Waals surface area contributed by atoms with Gasteiger partial charge in [-0.2, -0.15) is 0 Å². The summed E-state index contributed by atoms with van der Waals surface area (Å²) in [5.41, 5.74) is 3.16. The summed E-state index contributed by atoms with van der Waals surface area (Å²) in [5.74, 6) is 0. The highest BCUT2D eigenvalue weighted by Gasteiger charge is 2.39. The topological polar surface area (TPSA) is 53.8 Å². The summed E-state index contributed by atoms with van der Waals surface area (Å²) in [7, 11) is 0. The largest absolute Gasteiger partial charge is 0.624 e. The van der Waals surface area contributed by atoms with Crippen molar-refractivity contribution >= 4 is 6.21 Å². The van der Waals surface area contributed by atoms with Crippen LogP contribution in [0.2, 0.25) is 0 Å². The van der Waals surface area contributed by atoms with E-state index in [2.05, 4.69) is 0 Å². The Balaban J connectivity index is 1.47. The Morgan fingerprint density at radius 1 is 0.645 bits per heavy atom. The van der Waals surface area contributed by atoms with Crippen molar-refractivity contribution < 1.29 is 18.9 Å². The van der Waals surface area contributed by atoms with Gasteiger partial charge in [-0.15, -0.1) is 0 Å². The van der Waals surface area contributed by atoms with Crippen LogP contribution in [0.15, 0.2) is 91.0 Å². The first kappa shape index (κ1) is 21.2. The highest BCUT2D eigenvalue weighted by atomic mass is 16.6. The third kappa shape index (κ3) is 6.25. The molecule has 0 fully saturated rings. The summed E-state index contributed by atoms with van der Waals surface area (Å²) in [6.07, 6.45) is 0.252. The van der Waals surface area contributed by atoms with E-state index in [1.807, 2.05) is 91.0 Å². The average molecular weight is 418 g/mol. The van der Waals surface area contributed by atoms with Crippen molar-refractivity contribution in [2.24, 2.45) is 0 Å². The van der Waals surface area contributed by atoms with E-state index in [-0.39, 0.29) is 6.54 Å². The highest BCUT2D eigenvalue weighted by Crippen LogP contribution is 2.20. The number of nitrogens with zero attached hydrogens (tertiary/aromatic N) is 1. The second kappa shape index (κ2) is 10.9. The monoisotopic (exact) mass is 417 g/mol. The van der Waals surface area contributed by atoms with E-state index in [1.165, 1.54) is 0 Å². The zero-order chi connectivity index (χ0) is 21.3. The van der Waals surface area contributed by atoms with Crippen molar-refractivity contribution in [3.8, 4) is 0 Å². The van der Waals surface area contributed by atoms with E-state index >= 15 is 0 Å². The molecule has 3 aromatic carbocycles. The molecule has 0 bridgehead atoms. The Hall–Kier alpha value is -2.99. The predicted molar refractivity (Wildman–Crippen MR) is 120 cm³/mol. The molecule has 0 saturated heterocycles. The molecular weight excluding hydrogens is 390 g/mol. The lowest BCUT2D eigenvalue weighted by atomic mass is 10.0. The molecule has 5 heteroatoms. The van der Waals surface area contributed by atoms with E-state index in [9.17, 15) is 5.21 Å². The van der Waals surface area contributed by atoms with Crippen LogP contribution in [0.25, 0.3) is 0 Å². The maximum absolute atomic E-state index is 12.4. The van der Waals surface area contributed by atoms with Crippen molar-refractivity contribution in [1.29, 1.82) is 0 Å². The fraction of sp³-hybridized carbons (Fsp3) is 0.269. The molecule has 1 aliphatic rings. The van der Waals surface area contributed by atoms with Crippen molar-refractivity contribution in [3.05, 3.63) is 113 Å². The highest BCUT2D eigenvalue weighted by molar-refractivity contribution is 5.60. The van der Waals surface area contributed by atoms with Gasteiger partial charge in [0.25, 0.3) is 0 Å². The van der Waals surface area contributed by atoms with Crippen LogP contribution >= 0.6 is 0 Å². The van der Waals surface area contributed by atoms with E-state index in [0.717, 1.165) is 21.4 Å². The molecule has 0 spiro atoms. The van der Waals surface area contributed by atoms with Gasteiger partial charge in [-0.1, -0.05) is 91.0 Å². The standard InChI is InChI=1S/C26H27NO4/c28-27-16-24(29-18-21-10-4-1-5-11-21)26(31-20-23-14-8-3-9-15-23)25(17-27)30-19-22-12-6-2-7-13-22/h1-16,24-26H,17-20H2/t24-,25+,26+/m0/s1. The smallest absolute Gasteiger partial charge is 0.182 e. The van der Waals surface area contributed by atoms with Gasteiger partial charge in [0.2, 0.25) is 0 Å². The Morgan fingerprint density at radius 3 is 1.61 bits per heavy atom. The van der Waals surface area contributed by atoms with Gasteiger partial charge in [0.1, 0.15) is 12.2 Å². The number of hydroxylamine groups is 1. The Labute approximate surface area is 183 Å². The van der Waals surface area contributed by atoms with Crippen LogP contribution < -0.4 is 0 Å². The third-order valence-electron chi connectivity index (χ3n) is 5.24. The van der Waals surface area contributed by atoms with Crippen molar-refractivity contribution in [2.45, 2.75) is 38.1 Å². The molecule has 0 unspecified atom stereocenters. The lowest BCUT2D eigenvalue weighted by Gasteiger charge is -2.33. The second-order valence-electron chi connectivity index (χ2n) is 7.61. The third-order valence-corrected chi connectivity index (χ3v) is 5.24. The molecule has 31 heavy (non-hydrogen) atoms. The van der Waals surface area contributed by atoms with Gasteiger partial charge in [-0.25, -0.2) is 4.74 Å². The molecule has 4 rings (SSSR count). The van der Waals surface area contributed by atoms with Crippen LogP contribution in [0.5, 0.6) is 0 Å². The molecule has 0 radical (unpaired) electrons. The minimum atomic E-state index is -0.504. The van der Waals surface area contributed by atoms with Gasteiger partial charge in [0.15, 0.2) is 18.9 Å². The van der Waals surface area contributed by atoms with Gasteiger partial charge in [0, 0.05) is 0 Å². The molecule has 160 valence electrons. The first-order valence-electron chi connectivity index (χ1n) is 10.5. The van der Waals surface area contributed by atoms with Crippen LogP contribution in [0, 0.1) is 5.21 Å². The quantitative estimate of drug-likeness (QED) is 0.384. The Kier molecular flexibility index (Phi) is 7.45. The molecule has 0 aromatic heterocycles. The predicted octanol–water partition coefficient (Wildman–Crippen LogP) is 4.34. The van der Waals surface area contributed by atoms with Crippen LogP contribution in [0.4, 0.5) is 0 Å². The van der Waals surface area contributed by atoms with Gasteiger partial charge in [-0.3, -0.25) is 0 Å². The number of ether oxygens (including phenoxy) is 3. The zero-order valence-corrected chi connectivity index (χ0v) is 17.4. The van der Waals surface area contributed by atoms with E-state index in [4.69, 9.17) is 14.2 Å². The molecule has 0 aliphatic carbocycles. The molecule has 5 nitrogen and oxygen atoms in total. The van der Waals surface area contributed by atoms with Crippen LogP contribution in [-0.2, 0) is 34.0 Å². The fourth-order valence-corrected chi connectivity index (χ4v) is 3.60. The van der Waals surface area contributed by atoms with Gasteiger partial charge >= 0.3 is 0 Å². The summed E-state index contributed by atoms with van der Waals surface area (Å²) >= 11 is 0. The Bertz CT molecular complexity index is 947. The fourth-order valence-electron chi connectivity index (χ4n) is 3.60. The van der Waals surface area contributed by atoms with Gasteiger partial charge < -0.3 is 19.4 Å². The molecule has 3 aromatic rings. The molecule has 0 amide bonds. The lowest BCUT2D eigenvalue weighted by Crippen LogP contribution is -2.52. The lowest BCUT2D eigenvalue weighted by molar-refractivity contribution is -0.483. The maximum atomic E-state index is 12.4. The minimum Gasteiger partial charge on any atom is -0.624 e. The number of benzene rings is 3. The molecule has 0 saturated carbocycles. The first-order chi connectivity index (χ1) is 15.3. The minimum absolute atomic E-state index is 0.206.